The molecule has 0 unspecified atom stereocenters. The lowest BCUT2D eigenvalue weighted by Gasteiger charge is -2.18. The molecule has 0 spiro atoms. The second-order valence-electron chi connectivity index (χ2n) is 6.79. The van der Waals surface area contributed by atoms with Crippen molar-refractivity contribution in [3.05, 3.63) is 64.7 Å². The fourth-order valence-electron chi connectivity index (χ4n) is 3.08. The lowest BCUT2D eigenvalue weighted by atomic mass is 10.1. The monoisotopic (exact) mass is 355 g/mol. The van der Waals surface area contributed by atoms with E-state index >= 15 is 0 Å². The number of amides is 1. The van der Waals surface area contributed by atoms with Crippen LogP contribution in [0.15, 0.2) is 42.5 Å². The van der Waals surface area contributed by atoms with Gasteiger partial charge in [0.25, 0.3) is 5.91 Å². The minimum Gasteiger partial charge on any atom is -0.484 e. The second kappa shape index (κ2) is 9.97. The number of aryl methyl sites for hydroxylation is 2. The van der Waals surface area contributed by atoms with E-state index in [1.54, 1.807) is 0 Å². The summed E-state index contributed by atoms with van der Waals surface area (Å²) in [4.78, 5) is 13.7. The van der Waals surface area contributed by atoms with Crippen LogP contribution in [0.5, 0.6) is 5.75 Å². The predicted octanol–water partition coefficient (Wildman–Crippen LogP) is 2.42. The number of quaternary nitrogens is 1. The van der Waals surface area contributed by atoms with Crippen LogP contribution in [0, 0.1) is 13.8 Å². The molecule has 2 aromatic rings. The van der Waals surface area contributed by atoms with Crippen molar-refractivity contribution < 1.29 is 14.4 Å². The molecule has 26 heavy (non-hydrogen) atoms. The van der Waals surface area contributed by atoms with E-state index in [9.17, 15) is 4.79 Å². The molecule has 1 amide bonds. The van der Waals surface area contributed by atoms with Gasteiger partial charge in [0.1, 0.15) is 12.3 Å². The van der Waals surface area contributed by atoms with Gasteiger partial charge in [-0.25, -0.2) is 0 Å². The van der Waals surface area contributed by atoms with Gasteiger partial charge in [-0.1, -0.05) is 30.3 Å². The Labute approximate surface area is 157 Å². The molecule has 2 N–H and O–H groups in total. The molecule has 0 fully saturated rings. The zero-order chi connectivity index (χ0) is 18.9. The molecule has 2 aromatic carbocycles. The molecule has 2 rings (SSSR count). The highest BCUT2D eigenvalue weighted by atomic mass is 16.5. The topological polar surface area (TPSA) is 42.8 Å². The summed E-state index contributed by atoms with van der Waals surface area (Å²) in [5.41, 5.74) is 4.73. The maximum atomic E-state index is 12.2. The molecule has 0 radical (unpaired) electrons. The quantitative estimate of drug-likeness (QED) is 0.725. The highest BCUT2D eigenvalue weighted by molar-refractivity contribution is 5.77. The third kappa shape index (κ3) is 6.19. The molecule has 0 aromatic heterocycles. The van der Waals surface area contributed by atoms with Gasteiger partial charge in [0.2, 0.25) is 0 Å². The Hall–Kier alpha value is -2.33. The van der Waals surface area contributed by atoms with Crippen LogP contribution >= 0.6 is 0 Å². The maximum absolute atomic E-state index is 12.2. The van der Waals surface area contributed by atoms with E-state index < -0.39 is 0 Å². The van der Waals surface area contributed by atoms with Crippen LogP contribution in [0.1, 0.15) is 36.1 Å². The smallest absolute Gasteiger partial charge is 0.258 e. The molecule has 4 heteroatoms. The molecule has 0 aliphatic carbocycles. The Balaban J connectivity index is 1.89. The maximum Gasteiger partial charge on any atom is 0.258 e. The Kier molecular flexibility index (Phi) is 7.67. The predicted molar refractivity (Wildman–Crippen MR) is 105 cm³/mol. The first-order valence-corrected chi connectivity index (χ1v) is 9.40. The van der Waals surface area contributed by atoms with Crippen LogP contribution in [0.3, 0.4) is 0 Å². The van der Waals surface area contributed by atoms with E-state index in [1.807, 2.05) is 32.0 Å². The van der Waals surface area contributed by atoms with E-state index in [0.717, 1.165) is 36.5 Å². The molecule has 0 aliphatic rings. The Morgan fingerprint density at radius 1 is 1.00 bits per heavy atom. The zero-order valence-electron chi connectivity index (χ0n) is 16.4. The molecule has 4 nitrogen and oxygen atoms in total. The fourth-order valence-corrected chi connectivity index (χ4v) is 3.08. The first kappa shape index (κ1) is 20.0. The lowest BCUT2D eigenvalue weighted by molar-refractivity contribution is -0.910. The second-order valence-corrected chi connectivity index (χ2v) is 6.79. The van der Waals surface area contributed by atoms with Crippen molar-refractivity contribution in [1.29, 1.82) is 0 Å². The highest BCUT2D eigenvalue weighted by Crippen LogP contribution is 2.16. The third-order valence-electron chi connectivity index (χ3n) is 4.60. The Bertz CT molecular complexity index is 704. The summed E-state index contributed by atoms with van der Waals surface area (Å²) < 4.78 is 5.63. The Morgan fingerprint density at radius 3 is 2.23 bits per heavy atom. The van der Waals surface area contributed by atoms with Gasteiger partial charge in [-0.05, 0) is 56.5 Å². The molecule has 0 saturated carbocycles. The van der Waals surface area contributed by atoms with Gasteiger partial charge in [0.15, 0.2) is 6.61 Å². The van der Waals surface area contributed by atoms with Crippen molar-refractivity contribution in [2.75, 3.05) is 19.7 Å². The molecule has 0 heterocycles. The summed E-state index contributed by atoms with van der Waals surface area (Å²) in [7, 11) is 0. The normalized spacial score (nSPS) is 10.8. The number of carbonyl (C=O) groups is 1. The number of nitrogens with one attached hydrogen (secondary N) is 2. The van der Waals surface area contributed by atoms with Crippen molar-refractivity contribution in [3.8, 4) is 5.75 Å². The van der Waals surface area contributed by atoms with Gasteiger partial charge in [0, 0.05) is 12.1 Å². The van der Waals surface area contributed by atoms with E-state index in [4.69, 9.17) is 4.74 Å². The van der Waals surface area contributed by atoms with Crippen molar-refractivity contribution >= 4 is 5.91 Å². The van der Waals surface area contributed by atoms with Gasteiger partial charge in [-0.15, -0.1) is 0 Å². The number of hydrogen-bond donors (Lipinski definition) is 2. The van der Waals surface area contributed by atoms with Crippen molar-refractivity contribution in [1.82, 2.24) is 5.32 Å². The van der Waals surface area contributed by atoms with E-state index in [1.165, 1.54) is 16.0 Å². The summed E-state index contributed by atoms with van der Waals surface area (Å²) in [6.07, 6.45) is 0. The molecule has 0 atom stereocenters. The number of rotatable bonds is 9. The highest BCUT2D eigenvalue weighted by Gasteiger charge is 2.10. The zero-order valence-corrected chi connectivity index (χ0v) is 16.4. The van der Waals surface area contributed by atoms with Crippen LogP contribution < -0.4 is 15.0 Å². The average molecular weight is 356 g/mol. The number of ether oxygens (including phenoxy) is 1. The van der Waals surface area contributed by atoms with E-state index in [0.29, 0.717) is 6.54 Å². The number of hydrogen-bond acceptors (Lipinski definition) is 2. The minimum absolute atomic E-state index is 0.0341. The van der Waals surface area contributed by atoms with Crippen molar-refractivity contribution in [2.45, 2.75) is 40.8 Å². The Morgan fingerprint density at radius 2 is 1.62 bits per heavy atom. The average Bonchev–Trinajstić information content (AvgIpc) is 2.62. The van der Waals surface area contributed by atoms with Crippen molar-refractivity contribution in [3.63, 3.8) is 0 Å². The molecular weight excluding hydrogens is 324 g/mol. The summed E-state index contributed by atoms with van der Waals surface area (Å²) in [6.45, 7) is 12.2. The third-order valence-corrected chi connectivity index (χ3v) is 4.60. The van der Waals surface area contributed by atoms with Gasteiger partial charge >= 0.3 is 0 Å². The van der Waals surface area contributed by atoms with E-state index in [-0.39, 0.29) is 12.5 Å². The number of carbonyl (C=O) groups excluding carboxylic acids is 1. The molecular formula is C22H31N2O2+. The molecule has 0 saturated heterocycles. The summed E-state index contributed by atoms with van der Waals surface area (Å²) >= 11 is 0. The van der Waals surface area contributed by atoms with Crippen LogP contribution in [-0.4, -0.2) is 25.6 Å². The van der Waals surface area contributed by atoms with Crippen LogP contribution in [-0.2, 0) is 17.9 Å². The fraction of sp³-hybridized carbons (Fsp3) is 0.409. The first-order valence-electron chi connectivity index (χ1n) is 9.40. The van der Waals surface area contributed by atoms with Gasteiger partial charge < -0.3 is 15.0 Å². The lowest BCUT2D eigenvalue weighted by Crippen LogP contribution is -3.10. The van der Waals surface area contributed by atoms with Gasteiger partial charge in [-0.2, -0.15) is 0 Å². The largest absolute Gasteiger partial charge is 0.484 e. The summed E-state index contributed by atoms with van der Waals surface area (Å²) in [5.74, 6) is 0.636. The first-order chi connectivity index (χ1) is 12.5. The minimum atomic E-state index is -0.103. The molecule has 140 valence electrons. The van der Waals surface area contributed by atoms with Crippen LogP contribution in [0.4, 0.5) is 0 Å². The standard InChI is InChI=1S/C22H30N2O2/c1-5-24(6-2)15-20-10-8-7-9-19(20)14-23-22(25)16-26-21-12-17(3)11-18(4)13-21/h7-13H,5-6,14-16H2,1-4H3,(H,23,25)/p+1. The number of benzene rings is 2. The van der Waals surface area contributed by atoms with Gasteiger partial charge in [-0.3, -0.25) is 4.79 Å². The SMILES string of the molecule is CC[NH+](CC)Cc1ccccc1CNC(=O)COc1cc(C)cc(C)c1. The summed E-state index contributed by atoms with van der Waals surface area (Å²) in [6, 6.07) is 14.3. The molecule has 0 bridgehead atoms. The summed E-state index contributed by atoms with van der Waals surface area (Å²) in [5, 5.41) is 2.97. The van der Waals surface area contributed by atoms with Crippen molar-refractivity contribution in [2.24, 2.45) is 0 Å². The van der Waals surface area contributed by atoms with Crippen LogP contribution in [0.2, 0.25) is 0 Å². The molecule has 0 aliphatic heterocycles. The van der Waals surface area contributed by atoms with Gasteiger partial charge in [0.05, 0.1) is 13.1 Å². The van der Waals surface area contributed by atoms with E-state index in [2.05, 4.69) is 43.4 Å². The van der Waals surface area contributed by atoms with Crippen LogP contribution in [0.25, 0.3) is 0 Å².